The molecule has 1 aliphatic rings. The summed E-state index contributed by atoms with van der Waals surface area (Å²) >= 11 is 0. The summed E-state index contributed by atoms with van der Waals surface area (Å²) in [6, 6.07) is 13.9. The van der Waals surface area contributed by atoms with Gasteiger partial charge in [0.1, 0.15) is 16.9 Å². The van der Waals surface area contributed by atoms with Gasteiger partial charge in [0.2, 0.25) is 0 Å². The molecular formula is C27H24F4N2O2. The van der Waals surface area contributed by atoms with Crippen LogP contribution in [0.1, 0.15) is 35.1 Å². The smallest absolute Gasteiger partial charge is 0.417 e. The van der Waals surface area contributed by atoms with Gasteiger partial charge in [-0.15, -0.1) is 0 Å². The Morgan fingerprint density at radius 2 is 1.80 bits per heavy atom. The normalized spacial score (nSPS) is 17.9. The predicted octanol–water partition coefficient (Wildman–Crippen LogP) is 6.77. The van der Waals surface area contributed by atoms with Crippen LogP contribution >= 0.6 is 0 Å². The lowest BCUT2D eigenvalue weighted by Gasteiger charge is -2.31. The first-order valence-electron chi connectivity index (χ1n) is 11.3. The van der Waals surface area contributed by atoms with E-state index in [2.05, 4.69) is 9.88 Å². The molecule has 0 fully saturated rings. The average Bonchev–Trinajstić information content (AvgIpc) is 3.42. The molecule has 4 aromatic rings. The van der Waals surface area contributed by atoms with Crippen LogP contribution in [0.5, 0.6) is 0 Å². The Morgan fingerprint density at radius 1 is 1.03 bits per heavy atom. The van der Waals surface area contributed by atoms with Crippen LogP contribution in [0, 0.1) is 5.82 Å². The van der Waals surface area contributed by atoms with Crippen molar-refractivity contribution in [3.05, 3.63) is 89.1 Å². The summed E-state index contributed by atoms with van der Waals surface area (Å²) in [4.78, 5) is 6.10. The van der Waals surface area contributed by atoms with Crippen molar-refractivity contribution in [3.8, 4) is 11.1 Å². The monoisotopic (exact) mass is 484 g/mol. The number of hydrogen-bond acceptors (Lipinski definition) is 4. The number of halogens is 4. The van der Waals surface area contributed by atoms with Crippen LogP contribution in [0.4, 0.5) is 17.6 Å². The fraction of sp³-hybridized carbons (Fsp3) is 0.296. The molecule has 1 unspecified atom stereocenters. The summed E-state index contributed by atoms with van der Waals surface area (Å²) in [5, 5.41) is 0. The quantitative estimate of drug-likeness (QED) is 0.283. The maximum absolute atomic E-state index is 13.9. The number of alkyl halides is 3. The van der Waals surface area contributed by atoms with Crippen LogP contribution in [0.3, 0.4) is 0 Å². The van der Waals surface area contributed by atoms with Gasteiger partial charge in [-0.2, -0.15) is 13.2 Å². The summed E-state index contributed by atoms with van der Waals surface area (Å²) in [5.41, 5.74) is 1.85. The van der Waals surface area contributed by atoms with E-state index in [1.54, 1.807) is 24.3 Å². The highest BCUT2D eigenvalue weighted by Crippen LogP contribution is 2.47. The number of aromatic nitrogens is 1. The molecular weight excluding hydrogens is 460 g/mol. The highest BCUT2D eigenvalue weighted by atomic mass is 19.4. The van der Waals surface area contributed by atoms with Crippen molar-refractivity contribution < 1.29 is 26.7 Å². The van der Waals surface area contributed by atoms with E-state index in [0.717, 1.165) is 42.1 Å². The SMILES string of the molecule is CN(C)CCCC1(c2ccc(F)cc2)OCc2cc(-c3cc4ncoc4cc3C(F)(F)F)ccc21. The van der Waals surface area contributed by atoms with E-state index in [1.807, 2.05) is 20.2 Å². The Bertz CT molecular complexity index is 1360. The first kappa shape index (κ1) is 23.5. The Morgan fingerprint density at radius 3 is 2.51 bits per heavy atom. The van der Waals surface area contributed by atoms with Crippen LogP contribution in [0.2, 0.25) is 0 Å². The van der Waals surface area contributed by atoms with Gasteiger partial charge >= 0.3 is 6.18 Å². The van der Waals surface area contributed by atoms with Gasteiger partial charge in [-0.3, -0.25) is 0 Å². The van der Waals surface area contributed by atoms with Gasteiger partial charge in [-0.1, -0.05) is 24.3 Å². The number of rotatable bonds is 6. The highest BCUT2D eigenvalue weighted by Gasteiger charge is 2.42. The average molecular weight is 484 g/mol. The lowest BCUT2D eigenvalue weighted by molar-refractivity contribution is -0.137. The Kier molecular flexibility index (Phi) is 5.89. The number of benzene rings is 3. The van der Waals surface area contributed by atoms with E-state index in [4.69, 9.17) is 9.15 Å². The van der Waals surface area contributed by atoms with Crippen LogP contribution in [0.15, 0.2) is 65.4 Å². The fourth-order valence-electron chi connectivity index (χ4n) is 4.88. The number of hydrogen-bond donors (Lipinski definition) is 0. The van der Waals surface area contributed by atoms with Gasteiger partial charge in [0, 0.05) is 0 Å². The summed E-state index contributed by atoms with van der Waals surface area (Å²) < 4.78 is 66.8. The van der Waals surface area contributed by atoms with E-state index in [1.165, 1.54) is 18.2 Å². The third-order valence-electron chi connectivity index (χ3n) is 6.55. The van der Waals surface area contributed by atoms with Gasteiger partial charge in [0.05, 0.1) is 12.2 Å². The molecule has 0 radical (unpaired) electrons. The first-order chi connectivity index (χ1) is 16.7. The van der Waals surface area contributed by atoms with E-state index in [0.29, 0.717) is 17.5 Å². The van der Waals surface area contributed by atoms with Gasteiger partial charge in [0.25, 0.3) is 0 Å². The van der Waals surface area contributed by atoms with Crippen molar-refractivity contribution in [3.63, 3.8) is 0 Å². The molecule has 0 saturated heterocycles. The van der Waals surface area contributed by atoms with Crippen LogP contribution in [0.25, 0.3) is 22.2 Å². The molecule has 1 aliphatic heterocycles. The van der Waals surface area contributed by atoms with Crippen molar-refractivity contribution >= 4 is 11.1 Å². The lowest BCUT2D eigenvalue weighted by Crippen LogP contribution is -2.28. The standard InChI is InChI=1S/C27H24F4N2O2/c1-33(2)11-3-10-26(19-5-7-20(28)8-6-19)22-9-4-17(12-18(22)15-35-26)21-13-24-25(34-16-32-24)14-23(21)27(29,30)31/h4-9,12-14,16H,3,10-11,15H2,1-2H3. The molecule has 0 amide bonds. The summed E-state index contributed by atoms with van der Waals surface area (Å²) in [6.45, 7) is 1.09. The van der Waals surface area contributed by atoms with Crippen molar-refractivity contribution in [2.24, 2.45) is 0 Å². The molecule has 8 heteroatoms. The maximum atomic E-state index is 13.9. The Hall–Kier alpha value is -3.23. The summed E-state index contributed by atoms with van der Waals surface area (Å²) in [6.07, 6.45) is -1.94. The molecule has 35 heavy (non-hydrogen) atoms. The fourth-order valence-corrected chi connectivity index (χ4v) is 4.88. The lowest BCUT2D eigenvalue weighted by atomic mass is 9.81. The van der Waals surface area contributed by atoms with Gasteiger partial charge in [-0.05, 0) is 91.6 Å². The van der Waals surface area contributed by atoms with E-state index >= 15 is 0 Å². The molecule has 182 valence electrons. The summed E-state index contributed by atoms with van der Waals surface area (Å²) in [5.74, 6) is -0.339. The third-order valence-corrected chi connectivity index (χ3v) is 6.55. The molecule has 0 spiro atoms. The molecule has 0 aliphatic carbocycles. The van der Waals surface area contributed by atoms with Gasteiger partial charge in [-0.25, -0.2) is 9.37 Å². The van der Waals surface area contributed by atoms with Crippen molar-refractivity contribution in [2.45, 2.75) is 31.2 Å². The molecule has 5 rings (SSSR count). The van der Waals surface area contributed by atoms with Crippen LogP contribution in [-0.2, 0) is 23.1 Å². The van der Waals surface area contributed by atoms with Crippen molar-refractivity contribution in [2.75, 3.05) is 20.6 Å². The molecule has 3 aromatic carbocycles. The molecule has 1 aromatic heterocycles. The molecule has 0 saturated carbocycles. The predicted molar refractivity (Wildman–Crippen MR) is 124 cm³/mol. The van der Waals surface area contributed by atoms with Crippen molar-refractivity contribution in [1.82, 2.24) is 9.88 Å². The second-order valence-corrected chi connectivity index (χ2v) is 9.12. The van der Waals surface area contributed by atoms with Crippen molar-refractivity contribution in [1.29, 1.82) is 0 Å². The number of nitrogens with zero attached hydrogens (tertiary/aromatic N) is 2. The number of fused-ring (bicyclic) bond motifs is 2. The molecule has 2 heterocycles. The topological polar surface area (TPSA) is 38.5 Å². The summed E-state index contributed by atoms with van der Waals surface area (Å²) in [7, 11) is 3.98. The van der Waals surface area contributed by atoms with Crippen LogP contribution < -0.4 is 0 Å². The Balaban J connectivity index is 1.60. The molecule has 4 nitrogen and oxygen atoms in total. The zero-order valence-electron chi connectivity index (χ0n) is 19.3. The second-order valence-electron chi connectivity index (χ2n) is 9.12. The largest absolute Gasteiger partial charge is 0.443 e. The van der Waals surface area contributed by atoms with Gasteiger partial charge in [0.15, 0.2) is 12.0 Å². The second kappa shape index (κ2) is 8.77. The number of oxazole rings is 1. The first-order valence-corrected chi connectivity index (χ1v) is 11.3. The molecule has 0 bridgehead atoms. The molecule has 0 N–H and O–H groups in total. The van der Waals surface area contributed by atoms with E-state index in [9.17, 15) is 17.6 Å². The van der Waals surface area contributed by atoms with Crippen LogP contribution in [-0.4, -0.2) is 30.5 Å². The number of ether oxygens (including phenoxy) is 1. The van der Waals surface area contributed by atoms with E-state index in [-0.39, 0.29) is 23.6 Å². The highest BCUT2D eigenvalue weighted by molar-refractivity contribution is 5.83. The minimum absolute atomic E-state index is 0.0357. The zero-order chi connectivity index (χ0) is 24.8. The third kappa shape index (κ3) is 4.32. The minimum Gasteiger partial charge on any atom is -0.443 e. The maximum Gasteiger partial charge on any atom is 0.417 e. The zero-order valence-corrected chi connectivity index (χ0v) is 19.3. The molecule has 1 atom stereocenters. The minimum atomic E-state index is -4.56. The van der Waals surface area contributed by atoms with Gasteiger partial charge < -0.3 is 14.1 Å². The van der Waals surface area contributed by atoms with E-state index < -0.39 is 17.3 Å². The Labute approximate surface area is 200 Å².